The molecule has 2 nitrogen and oxygen atoms in total. The summed E-state index contributed by atoms with van der Waals surface area (Å²) in [5.41, 5.74) is 6.42. The molecule has 0 amide bonds. The summed E-state index contributed by atoms with van der Waals surface area (Å²) in [5.74, 6) is 0. The van der Waals surface area contributed by atoms with Crippen LogP contribution in [0.1, 0.15) is 5.56 Å². The Balaban J connectivity index is 2.88. The lowest BCUT2D eigenvalue weighted by molar-refractivity contribution is 1.35. The van der Waals surface area contributed by atoms with Crippen molar-refractivity contribution >= 4 is 43.9 Å². The lowest BCUT2D eigenvalue weighted by atomic mass is 10.1. The SMILES string of the molecule is NC(=S)c1cncc2c(Br)cccc12. The Morgan fingerprint density at radius 2 is 2.07 bits per heavy atom. The van der Waals surface area contributed by atoms with Crippen LogP contribution in [0.3, 0.4) is 0 Å². The third-order valence-electron chi connectivity index (χ3n) is 2.02. The first-order valence-corrected chi connectivity index (χ1v) is 5.22. The van der Waals surface area contributed by atoms with E-state index in [1.54, 1.807) is 12.4 Å². The number of aromatic nitrogens is 1. The van der Waals surface area contributed by atoms with Crippen LogP contribution in [0.25, 0.3) is 10.8 Å². The van der Waals surface area contributed by atoms with Gasteiger partial charge in [-0.15, -0.1) is 0 Å². The van der Waals surface area contributed by atoms with Crippen LogP contribution in [0, 0.1) is 0 Å². The van der Waals surface area contributed by atoms with Gasteiger partial charge in [0.05, 0.1) is 0 Å². The smallest absolute Gasteiger partial charge is 0.106 e. The summed E-state index contributed by atoms with van der Waals surface area (Å²) in [6.45, 7) is 0. The Hall–Kier alpha value is -1.00. The van der Waals surface area contributed by atoms with E-state index in [2.05, 4.69) is 20.9 Å². The molecule has 1 aromatic carbocycles. The topological polar surface area (TPSA) is 38.9 Å². The van der Waals surface area contributed by atoms with Crippen molar-refractivity contribution < 1.29 is 0 Å². The lowest BCUT2D eigenvalue weighted by Crippen LogP contribution is -2.10. The van der Waals surface area contributed by atoms with Gasteiger partial charge in [-0.2, -0.15) is 0 Å². The highest BCUT2D eigenvalue weighted by molar-refractivity contribution is 9.10. The van der Waals surface area contributed by atoms with Crippen molar-refractivity contribution in [2.24, 2.45) is 5.73 Å². The van der Waals surface area contributed by atoms with Gasteiger partial charge in [0.15, 0.2) is 0 Å². The number of pyridine rings is 1. The Kier molecular flexibility index (Phi) is 2.48. The van der Waals surface area contributed by atoms with Crippen molar-refractivity contribution in [3.63, 3.8) is 0 Å². The van der Waals surface area contributed by atoms with Crippen LogP contribution in [0.2, 0.25) is 0 Å². The molecule has 0 spiro atoms. The monoisotopic (exact) mass is 266 g/mol. The molecule has 14 heavy (non-hydrogen) atoms. The number of nitrogens with two attached hydrogens (primary N) is 1. The maximum atomic E-state index is 5.61. The van der Waals surface area contributed by atoms with Crippen molar-refractivity contribution in [1.82, 2.24) is 4.98 Å². The molecule has 0 aliphatic rings. The molecule has 0 saturated heterocycles. The zero-order chi connectivity index (χ0) is 10.1. The lowest BCUT2D eigenvalue weighted by Gasteiger charge is -2.04. The fourth-order valence-corrected chi connectivity index (χ4v) is 1.99. The standard InChI is InChI=1S/C10H7BrN2S/c11-9-3-1-2-6-7(9)4-13-5-8(6)10(12)14/h1-5H,(H2,12,14). The molecule has 2 N–H and O–H groups in total. The molecule has 1 heterocycles. The molecule has 0 radical (unpaired) electrons. The minimum atomic E-state index is 0.376. The maximum Gasteiger partial charge on any atom is 0.106 e. The van der Waals surface area contributed by atoms with Gasteiger partial charge in [0.25, 0.3) is 0 Å². The molecule has 0 bridgehead atoms. The first kappa shape index (κ1) is 9.55. The van der Waals surface area contributed by atoms with E-state index in [9.17, 15) is 0 Å². The van der Waals surface area contributed by atoms with Crippen molar-refractivity contribution in [3.05, 3.63) is 40.6 Å². The molecule has 0 aliphatic heterocycles. The fraction of sp³-hybridized carbons (Fsp3) is 0. The first-order valence-electron chi connectivity index (χ1n) is 4.02. The normalized spacial score (nSPS) is 10.4. The van der Waals surface area contributed by atoms with Crippen LogP contribution in [-0.2, 0) is 0 Å². The van der Waals surface area contributed by atoms with E-state index in [1.807, 2.05) is 18.2 Å². The van der Waals surface area contributed by atoms with Crippen molar-refractivity contribution in [2.75, 3.05) is 0 Å². The van der Waals surface area contributed by atoms with E-state index in [1.165, 1.54) is 0 Å². The molecule has 0 saturated carbocycles. The van der Waals surface area contributed by atoms with Crippen molar-refractivity contribution in [3.8, 4) is 0 Å². The van der Waals surface area contributed by atoms with E-state index in [-0.39, 0.29) is 0 Å². The second kappa shape index (κ2) is 3.63. The molecule has 0 aliphatic carbocycles. The molecule has 70 valence electrons. The van der Waals surface area contributed by atoms with E-state index in [0.29, 0.717) is 4.99 Å². The highest BCUT2D eigenvalue weighted by Crippen LogP contribution is 2.25. The van der Waals surface area contributed by atoms with Gasteiger partial charge in [-0.25, -0.2) is 0 Å². The van der Waals surface area contributed by atoms with E-state index < -0.39 is 0 Å². The summed E-state index contributed by atoms with van der Waals surface area (Å²) in [5, 5.41) is 2.06. The van der Waals surface area contributed by atoms with Crippen molar-refractivity contribution in [2.45, 2.75) is 0 Å². The number of halogens is 1. The number of rotatable bonds is 1. The highest BCUT2D eigenvalue weighted by Gasteiger charge is 2.05. The maximum absolute atomic E-state index is 5.61. The van der Waals surface area contributed by atoms with E-state index >= 15 is 0 Å². The van der Waals surface area contributed by atoms with Gasteiger partial charge < -0.3 is 5.73 Å². The number of thiocarbonyl (C=S) groups is 1. The van der Waals surface area contributed by atoms with E-state index in [4.69, 9.17) is 18.0 Å². The Bertz CT molecular complexity index is 510. The third kappa shape index (κ3) is 1.51. The van der Waals surface area contributed by atoms with E-state index in [0.717, 1.165) is 20.8 Å². The second-order valence-corrected chi connectivity index (χ2v) is 4.18. The molecule has 0 fully saturated rings. The van der Waals surface area contributed by atoms with Gasteiger partial charge in [0.2, 0.25) is 0 Å². The Morgan fingerprint density at radius 3 is 2.79 bits per heavy atom. The van der Waals surface area contributed by atoms with Crippen LogP contribution >= 0.6 is 28.1 Å². The highest BCUT2D eigenvalue weighted by atomic mass is 79.9. The quantitative estimate of drug-likeness (QED) is 0.807. The average molecular weight is 267 g/mol. The molecule has 0 unspecified atom stereocenters. The minimum Gasteiger partial charge on any atom is -0.389 e. The molecule has 2 rings (SSSR count). The first-order chi connectivity index (χ1) is 6.70. The van der Waals surface area contributed by atoms with Crippen LogP contribution in [0.15, 0.2) is 35.1 Å². The molecular weight excluding hydrogens is 260 g/mol. The number of fused-ring (bicyclic) bond motifs is 1. The third-order valence-corrected chi connectivity index (χ3v) is 2.93. The summed E-state index contributed by atoms with van der Waals surface area (Å²) in [6.07, 6.45) is 3.48. The van der Waals surface area contributed by atoms with Gasteiger partial charge in [-0.05, 0) is 11.5 Å². The second-order valence-electron chi connectivity index (χ2n) is 2.89. The summed E-state index contributed by atoms with van der Waals surface area (Å²) in [6, 6.07) is 5.90. The van der Waals surface area contributed by atoms with Gasteiger partial charge in [0.1, 0.15) is 4.99 Å². The van der Waals surface area contributed by atoms with Crippen molar-refractivity contribution in [1.29, 1.82) is 0 Å². The minimum absolute atomic E-state index is 0.376. The molecule has 4 heteroatoms. The summed E-state index contributed by atoms with van der Waals surface area (Å²) in [7, 11) is 0. The van der Waals surface area contributed by atoms with Crippen LogP contribution < -0.4 is 5.73 Å². The summed E-state index contributed by atoms with van der Waals surface area (Å²) < 4.78 is 1.00. The number of nitrogens with zero attached hydrogens (tertiary/aromatic N) is 1. The molecule has 2 aromatic rings. The van der Waals surface area contributed by atoms with Crippen LogP contribution in [0.4, 0.5) is 0 Å². The largest absolute Gasteiger partial charge is 0.389 e. The Morgan fingerprint density at radius 1 is 1.29 bits per heavy atom. The van der Waals surface area contributed by atoms with Gasteiger partial charge in [-0.3, -0.25) is 4.98 Å². The number of benzene rings is 1. The van der Waals surface area contributed by atoms with Gasteiger partial charge in [-0.1, -0.05) is 40.3 Å². The average Bonchev–Trinajstić information content (AvgIpc) is 2.17. The molecular formula is C10H7BrN2S. The fourth-order valence-electron chi connectivity index (χ4n) is 1.36. The molecule has 0 atom stereocenters. The van der Waals surface area contributed by atoms with Gasteiger partial charge >= 0.3 is 0 Å². The number of hydrogen-bond acceptors (Lipinski definition) is 2. The zero-order valence-electron chi connectivity index (χ0n) is 7.20. The Labute approximate surface area is 95.3 Å². The zero-order valence-corrected chi connectivity index (χ0v) is 9.60. The van der Waals surface area contributed by atoms with Gasteiger partial charge in [0, 0.05) is 27.8 Å². The number of hydrogen-bond donors (Lipinski definition) is 1. The predicted octanol–water partition coefficient (Wildman–Crippen LogP) is 2.63. The summed E-state index contributed by atoms with van der Waals surface area (Å²) >= 11 is 8.41. The van der Waals surface area contributed by atoms with Crippen LogP contribution in [-0.4, -0.2) is 9.97 Å². The predicted molar refractivity (Wildman–Crippen MR) is 65.3 cm³/mol. The summed E-state index contributed by atoms with van der Waals surface area (Å²) in [4.78, 5) is 4.47. The molecule has 1 aromatic heterocycles. The van der Waals surface area contributed by atoms with Crippen LogP contribution in [0.5, 0.6) is 0 Å².